The van der Waals surface area contributed by atoms with Crippen LogP contribution < -0.4 is 22.5 Å². The zero-order chi connectivity index (χ0) is 27.9. The maximum atomic E-state index is 12.1. The Kier molecular flexibility index (Phi) is 6.32. The summed E-state index contributed by atoms with van der Waals surface area (Å²) in [6, 6.07) is 25.7. The van der Waals surface area contributed by atoms with Crippen LogP contribution in [0.4, 0.5) is 11.4 Å². The third-order valence-corrected chi connectivity index (χ3v) is 7.50. The van der Waals surface area contributed by atoms with E-state index in [9.17, 15) is 14.7 Å². The summed E-state index contributed by atoms with van der Waals surface area (Å²) in [5, 5.41) is 21.4. The van der Waals surface area contributed by atoms with Crippen molar-refractivity contribution >= 4 is 29.1 Å². The molecule has 0 unspecified atom stereocenters. The summed E-state index contributed by atoms with van der Waals surface area (Å²) in [4.78, 5) is 23.7. The molecule has 196 valence electrons. The number of nitrogen functional groups attached to an aromatic ring is 2. The van der Waals surface area contributed by atoms with Crippen LogP contribution >= 0.6 is 0 Å². The highest BCUT2D eigenvalue weighted by Crippen LogP contribution is 2.49. The molecule has 0 saturated carbocycles. The fourth-order valence-corrected chi connectivity index (χ4v) is 5.49. The van der Waals surface area contributed by atoms with E-state index in [1.165, 1.54) is 12.1 Å². The summed E-state index contributed by atoms with van der Waals surface area (Å²) in [5.41, 5.74) is 23.4. The molecule has 1 heterocycles. The van der Waals surface area contributed by atoms with Gasteiger partial charge in [0.05, 0.1) is 11.6 Å². The molecule has 0 saturated heterocycles. The van der Waals surface area contributed by atoms with Crippen molar-refractivity contribution in [3.05, 3.63) is 118 Å². The van der Waals surface area contributed by atoms with E-state index in [4.69, 9.17) is 22.6 Å². The first-order valence-corrected chi connectivity index (χ1v) is 12.5. The molecule has 0 fully saturated rings. The van der Waals surface area contributed by atoms with Gasteiger partial charge in [0.1, 0.15) is 5.84 Å². The lowest BCUT2D eigenvalue weighted by molar-refractivity contribution is 0.0697. The van der Waals surface area contributed by atoms with Crippen LogP contribution in [0.25, 0.3) is 11.1 Å². The van der Waals surface area contributed by atoms with Crippen molar-refractivity contribution in [2.45, 2.75) is 24.8 Å². The Hall–Kier alpha value is -5.11. The van der Waals surface area contributed by atoms with E-state index in [0.717, 1.165) is 22.4 Å². The molecular weight excluding hydrogens is 490 g/mol. The van der Waals surface area contributed by atoms with Crippen molar-refractivity contribution in [3.63, 3.8) is 0 Å². The second-order valence-electron chi connectivity index (χ2n) is 10.1. The van der Waals surface area contributed by atoms with Gasteiger partial charge in [-0.1, -0.05) is 43.3 Å². The number of rotatable bonds is 6. The molecule has 8 nitrogen and oxygen atoms in total. The smallest absolute Gasteiger partial charge is 0.336 e. The zero-order valence-electron chi connectivity index (χ0n) is 21.4. The molecule has 1 aliphatic rings. The van der Waals surface area contributed by atoms with Crippen LogP contribution in [0.5, 0.6) is 0 Å². The lowest BCUT2D eigenvalue weighted by atomic mass is 9.68. The maximum absolute atomic E-state index is 12.1. The van der Waals surface area contributed by atoms with Gasteiger partial charge >= 0.3 is 5.97 Å². The number of carboxylic acids is 1. The highest BCUT2D eigenvalue weighted by atomic mass is 16.4. The molecule has 8 heteroatoms. The van der Waals surface area contributed by atoms with Crippen molar-refractivity contribution < 1.29 is 14.7 Å². The molecule has 2 atom stereocenters. The SMILES string of the molecule is C[C@]1(c2ccccc2)C[C@@H](c2cc(N)cc(-c3ccc(C(N)=O)cc3C(=O)O)c2)Nc2ccc(C(=N)N)cc21. The van der Waals surface area contributed by atoms with Crippen molar-refractivity contribution in [1.82, 2.24) is 0 Å². The number of nitrogens with two attached hydrogens (primary N) is 3. The van der Waals surface area contributed by atoms with Gasteiger partial charge in [-0.15, -0.1) is 0 Å². The second kappa shape index (κ2) is 9.64. The van der Waals surface area contributed by atoms with Crippen LogP contribution in [0.1, 0.15) is 62.4 Å². The number of hydrogen-bond acceptors (Lipinski definition) is 5. The summed E-state index contributed by atoms with van der Waals surface area (Å²) >= 11 is 0. The van der Waals surface area contributed by atoms with Crippen LogP contribution in [0.3, 0.4) is 0 Å². The summed E-state index contributed by atoms with van der Waals surface area (Å²) in [5.74, 6) is -1.86. The molecule has 4 aromatic carbocycles. The van der Waals surface area contributed by atoms with Gasteiger partial charge in [0, 0.05) is 27.9 Å². The van der Waals surface area contributed by atoms with Crippen molar-refractivity contribution in [1.29, 1.82) is 5.41 Å². The highest BCUT2D eigenvalue weighted by Gasteiger charge is 2.39. The Morgan fingerprint density at radius 3 is 2.33 bits per heavy atom. The van der Waals surface area contributed by atoms with E-state index in [1.54, 1.807) is 12.1 Å². The number of anilines is 2. The number of carboxylic acid groups (broad SMARTS) is 1. The number of amidine groups is 1. The van der Waals surface area contributed by atoms with Gasteiger partial charge in [-0.3, -0.25) is 10.2 Å². The van der Waals surface area contributed by atoms with Gasteiger partial charge in [0.15, 0.2) is 0 Å². The minimum Gasteiger partial charge on any atom is -0.478 e. The number of aromatic carboxylic acids is 1. The number of hydrogen-bond donors (Lipinski definition) is 6. The minimum absolute atomic E-state index is 0.00685. The number of benzene rings is 4. The third kappa shape index (κ3) is 4.68. The van der Waals surface area contributed by atoms with Gasteiger partial charge < -0.3 is 27.6 Å². The average Bonchev–Trinajstić information content (AvgIpc) is 2.92. The van der Waals surface area contributed by atoms with E-state index in [2.05, 4.69) is 24.4 Å². The number of fused-ring (bicyclic) bond motifs is 1. The van der Waals surface area contributed by atoms with E-state index in [0.29, 0.717) is 28.8 Å². The standard InChI is InChI=1S/C31H29N5O3/c1-31(21-5-3-2-4-6-21)16-27(36-26-10-8-17(28(33)34)15-25(26)31)20-11-19(12-22(32)13-20)23-9-7-18(29(35)37)14-24(23)30(38)39/h2-15,27,36H,16,32H2,1H3,(H3,33,34)(H2,35,37)(H,38,39)/t27-,31+/m0/s1. The summed E-state index contributed by atoms with van der Waals surface area (Å²) < 4.78 is 0. The number of carbonyl (C=O) groups excluding carboxylic acids is 1. The number of carbonyl (C=O) groups is 2. The van der Waals surface area contributed by atoms with Crippen molar-refractivity contribution in [2.24, 2.45) is 11.5 Å². The zero-order valence-corrected chi connectivity index (χ0v) is 21.4. The van der Waals surface area contributed by atoms with Crippen LogP contribution in [0.15, 0.2) is 84.9 Å². The Morgan fingerprint density at radius 2 is 1.67 bits per heavy atom. The number of primary amides is 1. The molecule has 39 heavy (non-hydrogen) atoms. The molecule has 0 aromatic heterocycles. The summed E-state index contributed by atoms with van der Waals surface area (Å²) in [6.07, 6.45) is 0.667. The summed E-state index contributed by atoms with van der Waals surface area (Å²) in [6.45, 7) is 2.18. The first kappa shape index (κ1) is 25.5. The van der Waals surface area contributed by atoms with Gasteiger partial charge in [-0.2, -0.15) is 0 Å². The molecule has 0 radical (unpaired) electrons. The van der Waals surface area contributed by atoms with Crippen LogP contribution in [0, 0.1) is 5.41 Å². The van der Waals surface area contributed by atoms with Gasteiger partial charge in [0.25, 0.3) is 0 Å². The fourth-order valence-electron chi connectivity index (χ4n) is 5.49. The second-order valence-corrected chi connectivity index (χ2v) is 10.1. The molecular formula is C31H29N5O3. The molecule has 0 spiro atoms. The van der Waals surface area contributed by atoms with E-state index < -0.39 is 17.3 Å². The van der Waals surface area contributed by atoms with Gasteiger partial charge in [-0.25, -0.2) is 4.79 Å². The van der Waals surface area contributed by atoms with Crippen LogP contribution in [-0.2, 0) is 5.41 Å². The first-order chi connectivity index (χ1) is 18.6. The third-order valence-electron chi connectivity index (χ3n) is 7.50. The topological polar surface area (TPSA) is 168 Å². The summed E-state index contributed by atoms with van der Waals surface area (Å²) in [7, 11) is 0. The molecule has 1 aliphatic heterocycles. The predicted octanol–water partition coefficient (Wildman–Crippen LogP) is 4.88. The molecule has 1 amide bonds. The minimum atomic E-state index is -1.17. The van der Waals surface area contributed by atoms with Crippen LogP contribution in [-0.4, -0.2) is 22.8 Å². The fraction of sp³-hybridized carbons (Fsp3) is 0.129. The average molecular weight is 520 g/mol. The number of nitrogens with one attached hydrogen (secondary N) is 2. The largest absolute Gasteiger partial charge is 0.478 e. The van der Waals surface area contributed by atoms with E-state index >= 15 is 0 Å². The van der Waals surface area contributed by atoms with Gasteiger partial charge in [-0.05, 0) is 82.8 Å². The molecule has 0 aliphatic carbocycles. The molecule has 9 N–H and O–H groups in total. The Balaban J connectivity index is 1.64. The monoisotopic (exact) mass is 519 g/mol. The quantitative estimate of drug-likeness (QED) is 0.120. The maximum Gasteiger partial charge on any atom is 0.336 e. The van der Waals surface area contributed by atoms with E-state index in [-0.39, 0.29) is 23.0 Å². The van der Waals surface area contributed by atoms with Gasteiger partial charge in [0.2, 0.25) is 5.91 Å². The number of amides is 1. The lowest BCUT2D eigenvalue weighted by Crippen LogP contribution is -2.35. The Labute approximate surface area is 226 Å². The Morgan fingerprint density at radius 1 is 0.949 bits per heavy atom. The van der Waals surface area contributed by atoms with Crippen LogP contribution in [0.2, 0.25) is 0 Å². The van der Waals surface area contributed by atoms with Crippen molar-refractivity contribution in [2.75, 3.05) is 11.1 Å². The molecule has 0 bridgehead atoms. The van der Waals surface area contributed by atoms with E-state index in [1.807, 2.05) is 48.5 Å². The first-order valence-electron chi connectivity index (χ1n) is 12.5. The lowest BCUT2D eigenvalue weighted by Gasteiger charge is -2.42. The predicted molar refractivity (Wildman–Crippen MR) is 153 cm³/mol. The molecule has 4 aromatic rings. The van der Waals surface area contributed by atoms with Crippen molar-refractivity contribution in [3.8, 4) is 11.1 Å². The Bertz CT molecular complexity index is 1630. The molecule has 5 rings (SSSR count). The normalized spacial score (nSPS) is 18.0. The highest BCUT2D eigenvalue weighted by molar-refractivity contribution is 6.01.